The number of hydrogen-bond acceptors (Lipinski definition) is 12. The number of rotatable bonds is 20. The zero-order chi connectivity index (χ0) is 54.2. The first kappa shape index (κ1) is 56.7. The highest BCUT2D eigenvalue weighted by Gasteiger charge is 2.60. The van der Waals surface area contributed by atoms with Gasteiger partial charge in [0.1, 0.15) is 48.9 Å². The predicted octanol–water partition coefficient (Wildman–Crippen LogP) is 5.08. The van der Waals surface area contributed by atoms with Crippen molar-refractivity contribution in [3.63, 3.8) is 0 Å². The Labute approximate surface area is 445 Å². The molecule has 5 amide bonds. The topological polar surface area (TPSA) is 263 Å². The van der Waals surface area contributed by atoms with Gasteiger partial charge >= 0.3 is 7.12 Å². The Bertz CT molecular complexity index is 2680. The molecule has 3 saturated carbocycles. The number of fused-ring (bicyclic) bond motifs is 7. The molecule has 17 nitrogen and oxygen atoms in total. The van der Waals surface area contributed by atoms with Gasteiger partial charge in [0, 0.05) is 48.3 Å². The van der Waals surface area contributed by atoms with Crippen LogP contribution >= 0.6 is 11.6 Å². The van der Waals surface area contributed by atoms with Crippen LogP contribution in [-0.4, -0.2) is 116 Å². The first-order valence-electron chi connectivity index (χ1n) is 26.1. The molecular weight excluding hydrogens is 975 g/mol. The summed E-state index contributed by atoms with van der Waals surface area (Å²) in [6, 6.07) is 19.8. The molecule has 0 saturated heterocycles. The second-order valence-corrected chi connectivity index (χ2v) is 21.5. The minimum Gasteiger partial charge on any atom is -0.492 e. The molecule has 3 aliphatic carbocycles. The van der Waals surface area contributed by atoms with Crippen molar-refractivity contribution >= 4 is 48.3 Å². The second-order valence-electron chi connectivity index (χ2n) is 21.1. The van der Waals surface area contributed by atoms with Gasteiger partial charge in [0.15, 0.2) is 0 Å². The summed E-state index contributed by atoms with van der Waals surface area (Å²) >= 11 is 6.10. The van der Waals surface area contributed by atoms with Crippen molar-refractivity contribution < 1.29 is 43.1 Å². The molecule has 0 spiro atoms. The normalized spacial score (nSPS) is 22.7. The number of ether oxygens (including phenoxy) is 2. The molecule has 0 radical (unpaired) electrons. The van der Waals surface area contributed by atoms with E-state index in [4.69, 9.17) is 42.9 Å². The third kappa shape index (κ3) is 13.2. The molecule has 75 heavy (non-hydrogen) atoms. The summed E-state index contributed by atoms with van der Waals surface area (Å²) < 4.78 is 18.8. The fourth-order valence-electron chi connectivity index (χ4n) is 11.0. The van der Waals surface area contributed by atoms with Crippen LogP contribution in [0.5, 0.6) is 11.5 Å². The smallest absolute Gasteiger partial charge is 0.478 e. The molecule has 0 aromatic heterocycles. The van der Waals surface area contributed by atoms with Gasteiger partial charge in [0.25, 0.3) is 5.91 Å². The molecule has 4 aromatic carbocycles. The number of carbonyl (C=O) groups excluding carboxylic acids is 5. The van der Waals surface area contributed by atoms with Gasteiger partial charge in [0.2, 0.25) is 23.6 Å². The number of nitrogens with one attached hydrogen (secondary N) is 4. The molecular formula is C56H74BClN8O9. The number of halogens is 1. The lowest BCUT2D eigenvalue weighted by atomic mass is 9.44. The number of carbonyl (C=O) groups is 5. The molecule has 8 rings (SSSR count). The fourth-order valence-corrected chi connectivity index (χ4v) is 11.1. The monoisotopic (exact) mass is 1050 g/mol. The summed E-state index contributed by atoms with van der Waals surface area (Å²) in [5.41, 5.74) is 21.3. The molecule has 4 aliphatic rings. The zero-order valence-electron chi connectivity index (χ0n) is 44.0. The van der Waals surface area contributed by atoms with Crippen molar-refractivity contribution in [3.05, 3.63) is 107 Å². The van der Waals surface area contributed by atoms with Gasteiger partial charge in [-0.2, -0.15) is 0 Å². The van der Waals surface area contributed by atoms with Crippen LogP contribution in [0.4, 0.5) is 0 Å². The largest absolute Gasteiger partial charge is 0.492 e. The number of unbranched alkanes of at least 4 members (excludes halogenated alkanes) is 1. The van der Waals surface area contributed by atoms with Crippen LogP contribution in [0.25, 0.3) is 22.3 Å². The molecule has 8 unspecified atom stereocenters. The van der Waals surface area contributed by atoms with Crippen molar-refractivity contribution in [1.82, 2.24) is 26.2 Å². The summed E-state index contributed by atoms with van der Waals surface area (Å²) in [5, 5.41) is 23.5. The Morgan fingerprint density at radius 3 is 2.08 bits per heavy atom. The number of benzene rings is 4. The summed E-state index contributed by atoms with van der Waals surface area (Å²) in [6.45, 7) is 10.7. The van der Waals surface area contributed by atoms with E-state index in [0.717, 1.165) is 30.4 Å². The van der Waals surface area contributed by atoms with Crippen LogP contribution < -0.4 is 47.9 Å². The van der Waals surface area contributed by atoms with E-state index in [1.807, 2.05) is 37.3 Å². The van der Waals surface area contributed by atoms with E-state index in [1.54, 1.807) is 61.5 Å². The van der Waals surface area contributed by atoms with Crippen LogP contribution in [0.3, 0.4) is 0 Å². The first-order valence-corrected chi connectivity index (χ1v) is 26.5. The number of nitrogens with zero attached hydrogens (tertiary/aromatic N) is 1. The Kier molecular flexibility index (Phi) is 18.7. The molecule has 4 aromatic rings. The lowest BCUT2D eigenvalue weighted by molar-refractivity contribution is -0.187. The number of hydrogen-bond donors (Lipinski definition) is 8. The lowest BCUT2D eigenvalue weighted by Crippen LogP contribution is -2.64. The number of nitrogens with two attached hydrogens (primary N) is 3. The highest BCUT2D eigenvalue weighted by Crippen LogP contribution is 2.63. The maximum atomic E-state index is 15.0. The second kappa shape index (κ2) is 24.8. The van der Waals surface area contributed by atoms with Crippen LogP contribution in [0.1, 0.15) is 101 Å². The van der Waals surface area contributed by atoms with Gasteiger partial charge in [-0.25, -0.2) is 0 Å². The van der Waals surface area contributed by atoms with Crippen LogP contribution in [0.2, 0.25) is 5.02 Å². The summed E-state index contributed by atoms with van der Waals surface area (Å²) in [7, 11) is 0.123. The Balaban J connectivity index is 1.21. The molecule has 1 heterocycles. The molecule has 8 atom stereocenters. The van der Waals surface area contributed by atoms with E-state index in [0.29, 0.717) is 69.6 Å². The van der Waals surface area contributed by atoms with Gasteiger partial charge in [-0.05, 0) is 154 Å². The fraction of sp³-hybridized carbons (Fsp3) is 0.482. The quantitative estimate of drug-likeness (QED) is 0.0426. The number of likely N-dealkylation sites (N-methyl/N-ethyl adjacent to an activating group) is 1. The van der Waals surface area contributed by atoms with Crippen LogP contribution in [0.15, 0.2) is 84.9 Å². The minimum atomic E-state index is -1.38. The maximum Gasteiger partial charge on any atom is 0.478 e. The Hall–Kier alpha value is -6.02. The van der Waals surface area contributed by atoms with E-state index >= 15 is 0 Å². The highest BCUT2D eigenvalue weighted by atomic mass is 35.5. The average molecular weight is 1050 g/mol. The van der Waals surface area contributed by atoms with E-state index in [9.17, 15) is 29.0 Å². The van der Waals surface area contributed by atoms with Crippen LogP contribution in [-0.2, 0) is 30.3 Å². The molecule has 1 aliphatic heterocycles. The zero-order valence-corrected chi connectivity index (χ0v) is 44.7. The molecule has 6 bridgehead atoms. The van der Waals surface area contributed by atoms with Gasteiger partial charge in [-0.3, -0.25) is 24.0 Å². The lowest BCUT2D eigenvalue weighted by Gasteiger charge is -2.64. The predicted molar refractivity (Wildman–Crippen MR) is 290 cm³/mol. The van der Waals surface area contributed by atoms with Crippen molar-refractivity contribution in [1.29, 1.82) is 0 Å². The van der Waals surface area contributed by atoms with E-state index in [2.05, 4.69) is 35.1 Å². The molecule has 19 heteroatoms. The molecule has 3 fully saturated rings. The van der Waals surface area contributed by atoms with Gasteiger partial charge in [0.05, 0.1) is 11.5 Å². The van der Waals surface area contributed by atoms with Gasteiger partial charge in [-0.15, -0.1) is 0 Å². The van der Waals surface area contributed by atoms with Crippen molar-refractivity contribution in [2.75, 3.05) is 39.9 Å². The third-order valence-corrected chi connectivity index (χ3v) is 15.7. The summed E-state index contributed by atoms with van der Waals surface area (Å²) in [4.78, 5) is 73.8. The Morgan fingerprint density at radius 2 is 1.47 bits per heavy atom. The first-order chi connectivity index (χ1) is 35.8. The van der Waals surface area contributed by atoms with Gasteiger partial charge in [-0.1, -0.05) is 61.8 Å². The van der Waals surface area contributed by atoms with E-state index in [-0.39, 0.29) is 50.5 Å². The van der Waals surface area contributed by atoms with Gasteiger partial charge < -0.3 is 62.5 Å². The highest BCUT2D eigenvalue weighted by molar-refractivity contribution is 6.45. The van der Waals surface area contributed by atoms with Crippen LogP contribution in [0, 0.1) is 17.3 Å². The van der Waals surface area contributed by atoms with Crippen molar-refractivity contribution in [2.24, 2.45) is 34.5 Å². The third-order valence-electron chi connectivity index (χ3n) is 15.5. The molecule has 11 N–H and O–H groups in total. The average Bonchev–Trinajstić information content (AvgIpc) is 3.39. The number of amides is 5. The minimum absolute atomic E-state index is 0.0102. The summed E-state index contributed by atoms with van der Waals surface area (Å²) in [5.74, 6) is -2.29. The van der Waals surface area contributed by atoms with E-state index < -0.39 is 72.4 Å². The standard InChI is InChI=1S/C56H74BClN8O9/c1-33-50(67)65-45(52(69)63-34(2)57(72)75-56(5)23-22-40-32-48(56)55(40,3)4)30-35-10-20-46(73-27-25-60)42(29-35)43-31-39(17-21-47(43)74-28-26-61)49(53(70)62-33)66(6)54(71)44(9-7-8-24-59)64-51(68)38-13-11-36(12-14-38)37-15-18-41(58)19-16-37/h10-21,29,31,33-34,40,44-45,48-49,72H,7-9,22-28,30,32,59-61H2,1-6H3,(H,62,70)(H,63,69)(H,64,68)(H,65,67). The SMILES string of the molecule is CC(NC(=O)C1Cc2ccc(OCCN)c(c2)-c2cc(ccc2OCCN)C(N(C)C(=O)C(CCCCN)NC(=O)c2ccc(-c3ccc(Cl)cc3)cc2)C(=O)NC(C)C(=O)N1)B(O)OC1(C)CCC2CC1C2(C)C. The maximum absolute atomic E-state index is 15.0. The Morgan fingerprint density at radius 1 is 0.840 bits per heavy atom. The van der Waals surface area contributed by atoms with Crippen molar-refractivity contribution in [3.8, 4) is 33.8 Å². The van der Waals surface area contributed by atoms with E-state index in [1.165, 1.54) is 18.9 Å². The summed E-state index contributed by atoms with van der Waals surface area (Å²) in [6.07, 6.45) is 4.06. The van der Waals surface area contributed by atoms with Crippen molar-refractivity contribution in [2.45, 2.75) is 115 Å². The molecule has 402 valence electrons.